The minimum atomic E-state index is -5.05. The van der Waals surface area contributed by atoms with Gasteiger partial charge in [0.2, 0.25) is 5.91 Å². The summed E-state index contributed by atoms with van der Waals surface area (Å²) in [5, 5.41) is 0. The fourth-order valence-electron chi connectivity index (χ4n) is 3.27. The van der Waals surface area contributed by atoms with Gasteiger partial charge in [-0.3, -0.25) is 14.4 Å². The van der Waals surface area contributed by atoms with Crippen molar-refractivity contribution in [1.29, 1.82) is 0 Å². The van der Waals surface area contributed by atoms with Crippen molar-refractivity contribution in [3.05, 3.63) is 29.6 Å². The van der Waals surface area contributed by atoms with Gasteiger partial charge in [-0.05, 0) is 31.0 Å². The molecule has 1 fully saturated rings. The first-order valence-corrected chi connectivity index (χ1v) is 7.72. The summed E-state index contributed by atoms with van der Waals surface area (Å²) in [6.45, 7) is -0.168. The number of nitrogens with zero attached hydrogens (tertiary/aromatic N) is 2. The number of rotatable bonds is 1. The van der Waals surface area contributed by atoms with Crippen LogP contribution in [0.2, 0.25) is 0 Å². The van der Waals surface area contributed by atoms with Crippen molar-refractivity contribution in [3.63, 3.8) is 0 Å². The number of Topliss-reactive ketones (excluding diaryl/α,β-unsaturated/α-hetero) is 1. The summed E-state index contributed by atoms with van der Waals surface area (Å²) >= 11 is 0. The standard InChI is InChI=1S/C16H14F4N2O3/c17-9-3-4-11-10(8-9)13(23)5-7-21(11)14(24)12-2-1-6-22(12)15(25)16(18,19)20/h3-4,8,12H,1-2,5-7H2. The van der Waals surface area contributed by atoms with Gasteiger partial charge in [-0.1, -0.05) is 0 Å². The van der Waals surface area contributed by atoms with Gasteiger partial charge >= 0.3 is 12.1 Å². The number of ketones is 1. The third kappa shape index (κ3) is 3.10. The number of amides is 2. The van der Waals surface area contributed by atoms with Crippen LogP contribution in [0.4, 0.5) is 23.2 Å². The van der Waals surface area contributed by atoms with Gasteiger partial charge < -0.3 is 9.80 Å². The highest BCUT2D eigenvalue weighted by atomic mass is 19.4. The topological polar surface area (TPSA) is 57.7 Å². The number of fused-ring (bicyclic) bond motifs is 1. The highest BCUT2D eigenvalue weighted by Crippen LogP contribution is 2.32. The monoisotopic (exact) mass is 358 g/mol. The Hall–Kier alpha value is -2.45. The molecule has 1 unspecified atom stereocenters. The number of benzene rings is 1. The molecule has 134 valence electrons. The van der Waals surface area contributed by atoms with Gasteiger partial charge in [-0.25, -0.2) is 4.39 Å². The average Bonchev–Trinajstić information content (AvgIpc) is 3.03. The van der Waals surface area contributed by atoms with Crippen molar-refractivity contribution in [2.75, 3.05) is 18.0 Å². The maximum Gasteiger partial charge on any atom is 0.471 e. The number of halogens is 4. The lowest BCUT2D eigenvalue weighted by atomic mass is 9.99. The second-order valence-corrected chi connectivity index (χ2v) is 5.98. The van der Waals surface area contributed by atoms with E-state index >= 15 is 0 Å². The lowest BCUT2D eigenvalue weighted by Crippen LogP contribution is -2.52. The van der Waals surface area contributed by atoms with Gasteiger partial charge in [0.15, 0.2) is 5.78 Å². The van der Waals surface area contributed by atoms with Gasteiger partial charge in [-0.15, -0.1) is 0 Å². The number of likely N-dealkylation sites (tertiary alicyclic amines) is 1. The van der Waals surface area contributed by atoms with Crippen LogP contribution in [0.1, 0.15) is 29.6 Å². The predicted octanol–water partition coefficient (Wildman–Crippen LogP) is 2.30. The van der Waals surface area contributed by atoms with Crippen LogP contribution < -0.4 is 4.90 Å². The highest BCUT2D eigenvalue weighted by molar-refractivity contribution is 6.10. The molecular formula is C16H14F4N2O3. The zero-order valence-electron chi connectivity index (χ0n) is 13.0. The third-order valence-corrected chi connectivity index (χ3v) is 4.42. The second kappa shape index (κ2) is 6.12. The number of carbonyl (C=O) groups is 3. The maximum absolute atomic E-state index is 13.4. The molecule has 2 aliphatic rings. The lowest BCUT2D eigenvalue weighted by molar-refractivity contribution is -0.186. The average molecular weight is 358 g/mol. The van der Waals surface area contributed by atoms with Crippen LogP contribution in [-0.4, -0.2) is 47.8 Å². The van der Waals surface area contributed by atoms with Gasteiger partial charge in [0.05, 0.1) is 5.69 Å². The predicted molar refractivity (Wildman–Crippen MR) is 78.5 cm³/mol. The zero-order chi connectivity index (χ0) is 18.4. The van der Waals surface area contributed by atoms with E-state index in [4.69, 9.17) is 0 Å². The van der Waals surface area contributed by atoms with Crippen LogP contribution in [0.15, 0.2) is 18.2 Å². The number of hydrogen-bond acceptors (Lipinski definition) is 3. The summed E-state index contributed by atoms with van der Waals surface area (Å²) in [7, 11) is 0. The summed E-state index contributed by atoms with van der Waals surface area (Å²) in [6.07, 6.45) is -4.72. The molecule has 0 aromatic heterocycles. The first kappa shape index (κ1) is 17.4. The normalized spacial score (nSPS) is 20.6. The molecule has 0 spiro atoms. The summed E-state index contributed by atoms with van der Waals surface area (Å²) < 4.78 is 51.5. The molecule has 0 bridgehead atoms. The fourth-order valence-corrected chi connectivity index (χ4v) is 3.27. The molecule has 0 N–H and O–H groups in total. The zero-order valence-corrected chi connectivity index (χ0v) is 13.0. The van der Waals surface area contributed by atoms with Crippen LogP contribution in [0.5, 0.6) is 0 Å². The van der Waals surface area contributed by atoms with Crippen molar-refractivity contribution < 1.29 is 31.9 Å². The van der Waals surface area contributed by atoms with Crippen molar-refractivity contribution in [2.45, 2.75) is 31.5 Å². The van der Waals surface area contributed by atoms with E-state index in [9.17, 15) is 31.9 Å². The van der Waals surface area contributed by atoms with E-state index in [0.29, 0.717) is 4.90 Å². The van der Waals surface area contributed by atoms with Crippen LogP contribution >= 0.6 is 0 Å². The largest absolute Gasteiger partial charge is 0.471 e. The molecule has 0 radical (unpaired) electrons. The minimum absolute atomic E-state index is 0.0130. The Balaban J connectivity index is 1.90. The number of carbonyl (C=O) groups excluding carboxylic acids is 3. The van der Waals surface area contributed by atoms with Gasteiger partial charge in [0.25, 0.3) is 0 Å². The Morgan fingerprint density at radius 3 is 2.56 bits per heavy atom. The Kier molecular flexibility index (Phi) is 4.26. The van der Waals surface area contributed by atoms with Crippen molar-refractivity contribution in [2.24, 2.45) is 0 Å². The van der Waals surface area contributed by atoms with E-state index in [1.165, 1.54) is 11.0 Å². The first-order valence-electron chi connectivity index (χ1n) is 7.72. The van der Waals surface area contributed by atoms with Crippen molar-refractivity contribution in [3.8, 4) is 0 Å². The van der Waals surface area contributed by atoms with Crippen LogP contribution in [0.25, 0.3) is 0 Å². The van der Waals surface area contributed by atoms with Gasteiger partial charge in [-0.2, -0.15) is 13.2 Å². The van der Waals surface area contributed by atoms with Crippen LogP contribution in [-0.2, 0) is 9.59 Å². The van der Waals surface area contributed by atoms with E-state index in [1.807, 2.05) is 0 Å². The molecule has 1 saturated heterocycles. The van der Waals surface area contributed by atoms with Crippen LogP contribution in [0.3, 0.4) is 0 Å². The molecule has 9 heteroatoms. The summed E-state index contributed by atoms with van der Waals surface area (Å²) in [5.41, 5.74) is 0.181. The Morgan fingerprint density at radius 2 is 1.88 bits per heavy atom. The van der Waals surface area contributed by atoms with E-state index < -0.39 is 29.8 Å². The first-order chi connectivity index (χ1) is 11.7. The van der Waals surface area contributed by atoms with E-state index in [0.717, 1.165) is 12.1 Å². The molecule has 2 aliphatic heterocycles. The smallest absolute Gasteiger partial charge is 0.323 e. The molecule has 0 aliphatic carbocycles. The van der Waals surface area contributed by atoms with Gasteiger partial charge in [0.1, 0.15) is 11.9 Å². The minimum Gasteiger partial charge on any atom is -0.323 e. The highest BCUT2D eigenvalue weighted by Gasteiger charge is 2.48. The molecule has 3 rings (SSSR count). The quantitative estimate of drug-likeness (QED) is 0.724. The van der Waals surface area contributed by atoms with E-state index in [2.05, 4.69) is 0 Å². The molecule has 2 heterocycles. The molecule has 1 aromatic carbocycles. The Labute approximate surface area is 140 Å². The number of anilines is 1. The second-order valence-electron chi connectivity index (χ2n) is 5.98. The number of alkyl halides is 3. The van der Waals surface area contributed by atoms with Gasteiger partial charge in [0, 0.05) is 25.1 Å². The van der Waals surface area contributed by atoms with E-state index in [-0.39, 0.29) is 49.4 Å². The maximum atomic E-state index is 13.4. The fraction of sp³-hybridized carbons (Fsp3) is 0.438. The summed E-state index contributed by atoms with van der Waals surface area (Å²) in [6, 6.07) is 2.10. The third-order valence-electron chi connectivity index (χ3n) is 4.42. The van der Waals surface area contributed by atoms with Crippen molar-refractivity contribution >= 4 is 23.3 Å². The molecule has 2 amide bonds. The van der Waals surface area contributed by atoms with Crippen molar-refractivity contribution in [1.82, 2.24) is 4.90 Å². The molecule has 25 heavy (non-hydrogen) atoms. The van der Waals surface area contributed by atoms with Crippen LogP contribution in [0, 0.1) is 5.82 Å². The molecule has 5 nitrogen and oxygen atoms in total. The molecule has 1 aromatic rings. The molecule has 1 atom stereocenters. The van der Waals surface area contributed by atoms with E-state index in [1.54, 1.807) is 0 Å². The lowest BCUT2D eigenvalue weighted by Gasteiger charge is -2.33. The molecule has 0 saturated carbocycles. The molecular weight excluding hydrogens is 344 g/mol. The summed E-state index contributed by atoms with van der Waals surface area (Å²) in [5.74, 6) is -3.71. The Bertz CT molecular complexity index is 747. The summed E-state index contributed by atoms with van der Waals surface area (Å²) in [4.78, 5) is 37.9. The number of hydrogen-bond donors (Lipinski definition) is 0. The SMILES string of the molecule is O=C1CCN(C(=O)C2CCCN2C(=O)C(F)(F)F)c2ccc(F)cc21. The Morgan fingerprint density at radius 1 is 1.16 bits per heavy atom.